The molecule has 0 unspecified atom stereocenters. The standard InChI is InChI=1S/C6H11N2.Al.4ClH/c1-3-8-5-4-7(2)6-8;;;;;/h4-6H,3H2,1-2H3;;4*1H/q+1;+3;;;;/p-4. The van der Waals surface area contributed by atoms with Crippen LogP contribution in [0.3, 0.4) is 0 Å². The van der Waals surface area contributed by atoms with Crippen molar-refractivity contribution in [1.29, 1.82) is 0 Å². The Morgan fingerprint density at radius 1 is 1.31 bits per heavy atom. The Morgan fingerprint density at radius 2 is 1.77 bits per heavy atom. The molecule has 76 valence electrons. The zero-order valence-corrected chi connectivity index (χ0v) is 11.6. The first-order valence-electron chi connectivity index (χ1n) is 3.71. The van der Waals surface area contributed by atoms with Crippen molar-refractivity contribution in [2.75, 3.05) is 0 Å². The summed E-state index contributed by atoms with van der Waals surface area (Å²) in [7, 11) is 19.0. The zero-order chi connectivity index (χ0) is 10.5. The molecule has 0 saturated carbocycles. The van der Waals surface area contributed by atoms with Crippen molar-refractivity contribution >= 4 is 49.6 Å². The summed E-state index contributed by atoms with van der Waals surface area (Å²) in [6.45, 7) is 3.18. The number of aromatic nitrogens is 2. The minimum atomic E-state index is -2.94. The first-order chi connectivity index (χ1) is 5.83. The van der Waals surface area contributed by atoms with E-state index in [2.05, 4.69) is 24.0 Å². The molecule has 0 fully saturated rings. The van der Waals surface area contributed by atoms with Gasteiger partial charge in [0.15, 0.2) is 0 Å². The molecule has 0 bridgehead atoms. The van der Waals surface area contributed by atoms with Crippen molar-refractivity contribution in [3.63, 3.8) is 0 Å². The highest BCUT2D eigenvalue weighted by atomic mass is 35.9. The van der Waals surface area contributed by atoms with Crippen LogP contribution in [0.4, 0.5) is 0 Å². The highest BCUT2D eigenvalue weighted by Gasteiger charge is 2.14. The number of nitrogens with zero attached hydrogens (tertiary/aromatic N) is 2. The molecule has 0 radical (unpaired) electrons. The summed E-state index contributed by atoms with van der Waals surface area (Å²) in [4.78, 5) is 0. The summed E-state index contributed by atoms with van der Waals surface area (Å²) in [5.41, 5.74) is 0. The van der Waals surface area contributed by atoms with Crippen LogP contribution in [-0.4, -0.2) is 14.0 Å². The summed E-state index contributed by atoms with van der Waals surface area (Å²) in [5.74, 6) is 0. The molecule has 0 amide bonds. The van der Waals surface area contributed by atoms with Gasteiger partial charge >= 0.3 is 9.39 Å². The molecule has 0 spiro atoms. The first-order valence-corrected chi connectivity index (χ1v) is 10.7. The van der Waals surface area contributed by atoms with Crippen LogP contribution in [-0.2, 0) is 13.6 Å². The van der Waals surface area contributed by atoms with Gasteiger partial charge in [0, 0.05) is 0 Å². The third-order valence-corrected chi connectivity index (χ3v) is 1.19. The van der Waals surface area contributed by atoms with Crippen molar-refractivity contribution < 1.29 is 4.57 Å². The van der Waals surface area contributed by atoms with Gasteiger partial charge in [0.25, 0.3) is 0 Å². The van der Waals surface area contributed by atoms with E-state index in [1.165, 1.54) is 0 Å². The molecule has 0 aromatic carbocycles. The van der Waals surface area contributed by atoms with Gasteiger partial charge in [-0.15, -0.1) is 0 Å². The molecule has 2 nitrogen and oxygen atoms in total. The summed E-state index contributed by atoms with van der Waals surface area (Å²) in [6, 6.07) is 0. The molecule has 0 saturated heterocycles. The van der Waals surface area contributed by atoms with Gasteiger partial charge in [0.1, 0.15) is 12.4 Å². The molecule has 1 aromatic heterocycles. The fourth-order valence-electron chi connectivity index (χ4n) is 0.689. The second kappa shape index (κ2) is 6.40. The van der Waals surface area contributed by atoms with E-state index in [-0.39, 0.29) is 0 Å². The van der Waals surface area contributed by atoms with E-state index < -0.39 is 9.39 Å². The Morgan fingerprint density at radius 3 is 1.92 bits per heavy atom. The largest absolute Gasteiger partial charge is 0.564 e. The Balaban J connectivity index is 0.000000252. The van der Waals surface area contributed by atoms with Crippen LogP contribution in [0.1, 0.15) is 6.92 Å². The average molecular weight is 280 g/mol. The van der Waals surface area contributed by atoms with Gasteiger partial charge in [-0.3, -0.25) is 0 Å². The van der Waals surface area contributed by atoms with Crippen LogP contribution in [0.15, 0.2) is 18.7 Å². The fraction of sp³-hybridized carbons (Fsp3) is 0.500. The van der Waals surface area contributed by atoms with Crippen molar-refractivity contribution in [3.8, 4) is 0 Å². The molecule has 1 rings (SSSR count). The van der Waals surface area contributed by atoms with Crippen LogP contribution < -0.4 is 4.57 Å². The van der Waals surface area contributed by atoms with Gasteiger partial charge in [0.2, 0.25) is 6.33 Å². The molecular weight excluding hydrogens is 269 g/mol. The summed E-state index contributed by atoms with van der Waals surface area (Å²) in [6.07, 6.45) is 6.14. The maximum Gasteiger partial charge on any atom is 0.564 e. The molecule has 0 atom stereocenters. The van der Waals surface area contributed by atoms with Gasteiger partial charge < -0.3 is 40.2 Å². The van der Waals surface area contributed by atoms with Crippen molar-refractivity contribution in [1.82, 2.24) is 4.57 Å². The van der Waals surface area contributed by atoms with E-state index in [1.807, 2.05) is 17.8 Å². The number of aryl methyl sites for hydroxylation is 2. The van der Waals surface area contributed by atoms with Gasteiger partial charge in [0.05, 0.1) is 13.6 Å². The van der Waals surface area contributed by atoms with Crippen LogP contribution >= 0.6 is 40.2 Å². The minimum absolute atomic E-state index is 1.06. The predicted octanol–water partition coefficient (Wildman–Crippen LogP) is 2.71. The maximum absolute atomic E-state index is 4.99. The number of halogens is 4. The Labute approximate surface area is 97.5 Å². The monoisotopic (exact) mass is 278 g/mol. The summed E-state index contributed by atoms with van der Waals surface area (Å²) < 4.78 is 4.16. The van der Waals surface area contributed by atoms with Crippen LogP contribution in [0.5, 0.6) is 0 Å². The Kier molecular flexibility index (Phi) is 6.84. The van der Waals surface area contributed by atoms with E-state index in [4.69, 9.17) is 40.2 Å². The number of hydrogen-bond donors (Lipinski definition) is 0. The lowest BCUT2D eigenvalue weighted by Crippen LogP contribution is -2.28. The van der Waals surface area contributed by atoms with E-state index in [9.17, 15) is 0 Å². The van der Waals surface area contributed by atoms with E-state index in [0.717, 1.165) is 6.54 Å². The Bertz CT molecular complexity index is 239. The van der Waals surface area contributed by atoms with E-state index in [1.54, 1.807) is 0 Å². The lowest BCUT2D eigenvalue weighted by molar-refractivity contribution is -0.693. The fourth-order valence-corrected chi connectivity index (χ4v) is 0.689. The van der Waals surface area contributed by atoms with E-state index >= 15 is 0 Å². The quantitative estimate of drug-likeness (QED) is 0.552. The average Bonchev–Trinajstić information content (AvgIpc) is 2.31. The lowest BCUT2D eigenvalue weighted by atomic mass is 10.7. The lowest BCUT2D eigenvalue weighted by Gasteiger charge is -1.97. The SMILES string of the molecule is CC[n+]1ccn(C)c1.[Cl][Al-]([Cl])([Cl])[Cl]. The molecule has 13 heavy (non-hydrogen) atoms. The summed E-state index contributed by atoms with van der Waals surface area (Å²) >= 11 is 0. The van der Waals surface area contributed by atoms with Crippen molar-refractivity contribution in [3.05, 3.63) is 18.7 Å². The first kappa shape index (κ1) is 13.9. The highest BCUT2D eigenvalue weighted by Crippen LogP contribution is 2.23. The van der Waals surface area contributed by atoms with Crippen molar-refractivity contribution in [2.45, 2.75) is 13.5 Å². The molecule has 7 heteroatoms. The van der Waals surface area contributed by atoms with Gasteiger partial charge in [-0.05, 0) is 6.92 Å². The normalized spacial score (nSPS) is 10.6. The molecule has 0 N–H and O–H groups in total. The molecule has 0 aliphatic heterocycles. The van der Waals surface area contributed by atoms with Gasteiger partial charge in [-0.2, -0.15) is 0 Å². The third-order valence-electron chi connectivity index (χ3n) is 1.19. The smallest absolute Gasteiger partial charge is 0.391 e. The molecular formula is C6H11AlCl4N2. The highest BCUT2D eigenvalue weighted by molar-refractivity contribution is 7.81. The number of hydrogen-bond acceptors (Lipinski definition) is 0. The van der Waals surface area contributed by atoms with Gasteiger partial charge in [-0.1, -0.05) is 0 Å². The van der Waals surface area contributed by atoms with Crippen LogP contribution in [0, 0.1) is 0 Å². The number of imidazole rings is 1. The van der Waals surface area contributed by atoms with Gasteiger partial charge in [-0.25, -0.2) is 9.13 Å². The summed E-state index contributed by atoms with van der Waals surface area (Å²) in [5, 5.41) is 0. The molecule has 0 aliphatic rings. The Hall–Kier alpha value is 0.902. The molecule has 0 aliphatic carbocycles. The second-order valence-corrected chi connectivity index (χ2v) is 15.3. The van der Waals surface area contributed by atoms with E-state index in [0.29, 0.717) is 0 Å². The van der Waals surface area contributed by atoms with Crippen LogP contribution in [0.2, 0.25) is 0 Å². The zero-order valence-electron chi connectivity index (χ0n) is 7.42. The number of rotatable bonds is 1. The predicted molar refractivity (Wildman–Crippen MR) is 60.4 cm³/mol. The van der Waals surface area contributed by atoms with Crippen molar-refractivity contribution in [2.24, 2.45) is 7.05 Å². The van der Waals surface area contributed by atoms with Crippen LogP contribution in [0.25, 0.3) is 0 Å². The maximum atomic E-state index is 4.99. The topological polar surface area (TPSA) is 8.81 Å². The molecule has 1 aromatic rings. The minimum Gasteiger partial charge on any atom is -0.391 e. The second-order valence-electron chi connectivity index (χ2n) is 2.40. The third kappa shape index (κ3) is 10.8. The molecule has 1 heterocycles.